The average molecular weight is 354 g/mol. The second-order valence-corrected chi connectivity index (χ2v) is 5.75. The van der Waals surface area contributed by atoms with Crippen LogP contribution in [-0.2, 0) is 4.79 Å². The Kier molecular flexibility index (Phi) is 8.32. The third-order valence-electron chi connectivity index (χ3n) is 3.13. The predicted molar refractivity (Wildman–Crippen MR) is 94.9 cm³/mol. The smallest absolute Gasteiger partial charge is 0.261 e. The summed E-state index contributed by atoms with van der Waals surface area (Å²) < 4.78 is 0. The Morgan fingerprint density at radius 2 is 1.83 bits per heavy atom. The lowest BCUT2D eigenvalue weighted by Gasteiger charge is -2.13. The summed E-state index contributed by atoms with van der Waals surface area (Å²) in [5.74, 6) is -0.276. The molecule has 1 atom stereocenters. The van der Waals surface area contributed by atoms with E-state index in [-0.39, 0.29) is 36.7 Å². The molecule has 4 N–H and O–H groups in total. The maximum absolute atomic E-state index is 11.7. The monoisotopic (exact) mass is 353 g/mol. The van der Waals surface area contributed by atoms with Gasteiger partial charge in [-0.1, -0.05) is 36.4 Å². The SMILES string of the molecule is Cl.NC(CNC(=O)CCNC(=O)c1cccs1)c1ccccc1. The molecular formula is C16H20ClN3O2S. The number of rotatable bonds is 7. The fourth-order valence-electron chi connectivity index (χ4n) is 1.91. The van der Waals surface area contributed by atoms with Crippen molar-refractivity contribution in [1.82, 2.24) is 10.6 Å². The van der Waals surface area contributed by atoms with E-state index in [1.54, 1.807) is 6.07 Å². The highest BCUT2D eigenvalue weighted by molar-refractivity contribution is 7.12. The van der Waals surface area contributed by atoms with Gasteiger partial charge in [-0.05, 0) is 17.0 Å². The van der Waals surface area contributed by atoms with Crippen molar-refractivity contribution in [2.75, 3.05) is 13.1 Å². The lowest BCUT2D eigenvalue weighted by molar-refractivity contribution is -0.121. The van der Waals surface area contributed by atoms with Crippen molar-refractivity contribution in [2.45, 2.75) is 12.5 Å². The van der Waals surface area contributed by atoms with Crippen LogP contribution in [-0.4, -0.2) is 24.9 Å². The highest BCUT2D eigenvalue weighted by atomic mass is 35.5. The molecule has 124 valence electrons. The minimum atomic E-state index is -0.231. The molecule has 2 amide bonds. The largest absolute Gasteiger partial charge is 0.354 e. The molecule has 5 nitrogen and oxygen atoms in total. The first-order valence-corrected chi connectivity index (χ1v) is 7.93. The zero-order valence-electron chi connectivity index (χ0n) is 12.5. The van der Waals surface area contributed by atoms with Crippen molar-refractivity contribution < 1.29 is 9.59 Å². The number of benzene rings is 1. The van der Waals surface area contributed by atoms with Gasteiger partial charge in [0.05, 0.1) is 4.88 Å². The van der Waals surface area contributed by atoms with E-state index in [0.717, 1.165) is 5.56 Å². The molecule has 1 aromatic heterocycles. The Morgan fingerprint density at radius 1 is 1.09 bits per heavy atom. The van der Waals surface area contributed by atoms with E-state index in [1.807, 2.05) is 41.8 Å². The van der Waals surface area contributed by atoms with Crippen LogP contribution in [0.4, 0.5) is 0 Å². The average Bonchev–Trinajstić information content (AvgIpc) is 3.08. The molecule has 0 saturated carbocycles. The number of carbonyl (C=O) groups is 2. The van der Waals surface area contributed by atoms with Gasteiger partial charge < -0.3 is 16.4 Å². The van der Waals surface area contributed by atoms with Crippen molar-refractivity contribution in [1.29, 1.82) is 0 Å². The van der Waals surface area contributed by atoms with Gasteiger partial charge in [-0.25, -0.2) is 0 Å². The Hall–Kier alpha value is -1.89. The van der Waals surface area contributed by atoms with Gasteiger partial charge in [0.1, 0.15) is 0 Å². The number of amides is 2. The van der Waals surface area contributed by atoms with Gasteiger partial charge in [-0.15, -0.1) is 23.7 Å². The molecule has 0 spiro atoms. The van der Waals surface area contributed by atoms with Crippen LogP contribution in [0.2, 0.25) is 0 Å². The van der Waals surface area contributed by atoms with Crippen molar-refractivity contribution in [3.63, 3.8) is 0 Å². The van der Waals surface area contributed by atoms with E-state index in [2.05, 4.69) is 10.6 Å². The van der Waals surface area contributed by atoms with Crippen molar-refractivity contribution in [3.8, 4) is 0 Å². The van der Waals surface area contributed by atoms with E-state index >= 15 is 0 Å². The second kappa shape index (κ2) is 9.99. The van der Waals surface area contributed by atoms with Crippen molar-refractivity contribution in [3.05, 3.63) is 58.3 Å². The highest BCUT2D eigenvalue weighted by Gasteiger charge is 2.09. The lowest BCUT2D eigenvalue weighted by atomic mass is 10.1. The molecule has 2 aromatic rings. The number of halogens is 1. The summed E-state index contributed by atoms with van der Waals surface area (Å²) >= 11 is 1.37. The van der Waals surface area contributed by atoms with E-state index in [1.165, 1.54) is 11.3 Å². The van der Waals surface area contributed by atoms with Gasteiger partial charge >= 0.3 is 0 Å². The van der Waals surface area contributed by atoms with Gasteiger partial charge in [0, 0.05) is 25.6 Å². The van der Waals surface area contributed by atoms with E-state index in [4.69, 9.17) is 5.73 Å². The first-order valence-electron chi connectivity index (χ1n) is 7.06. The Morgan fingerprint density at radius 3 is 2.48 bits per heavy atom. The van der Waals surface area contributed by atoms with Crippen LogP contribution in [0, 0.1) is 0 Å². The van der Waals surface area contributed by atoms with Gasteiger partial charge in [0.2, 0.25) is 5.91 Å². The number of hydrogen-bond acceptors (Lipinski definition) is 4. The van der Waals surface area contributed by atoms with E-state index < -0.39 is 0 Å². The molecule has 0 fully saturated rings. The fraction of sp³-hybridized carbons (Fsp3) is 0.250. The molecule has 0 bridgehead atoms. The molecule has 2 rings (SSSR count). The Bertz CT molecular complexity index is 605. The van der Waals surface area contributed by atoms with Gasteiger partial charge in [-0.2, -0.15) is 0 Å². The molecule has 0 aliphatic heterocycles. The van der Waals surface area contributed by atoms with Crippen LogP contribution in [0.5, 0.6) is 0 Å². The van der Waals surface area contributed by atoms with Gasteiger partial charge in [-0.3, -0.25) is 9.59 Å². The normalized spacial score (nSPS) is 11.2. The van der Waals surface area contributed by atoms with Crippen molar-refractivity contribution in [2.24, 2.45) is 5.73 Å². The van der Waals surface area contributed by atoms with Crippen LogP contribution in [0.3, 0.4) is 0 Å². The standard InChI is InChI=1S/C16H19N3O2S.ClH/c17-13(12-5-2-1-3-6-12)11-19-15(20)8-9-18-16(21)14-7-4-10-22-14;/h1-7,10,13H,8-9,11,17H2,(H,18,21)(H,19,20);1H. The van der Waals surface area contributed by atoms with Gasteiger partial charge in [0.15, 0.2) is 0 Å². The van der Waals surface area contributed by atoms with Crippen LogP contribution in [0.15, 0.2) is 47.8 Å². The molecule has 1 unspecified atom stereocenters. The maximum atomic E-state index is 11.7. The van der Waals surface area contributed by atoms with Crippen LogP contribution in [0.1, 0.15) is 27.7 Å². The first-order chi connectivity index (χ1) is 10.7. The molecule has 7 heteroatoms. The predicted octanol–water partition coefficient (Wildman–Crippen LogP) is 2.11. The van der Waals surface area contributed by atoms with Crippen molar-refractivity contribution >= 4 is 35.6 Å². The van der Waals surface area contributed by atoms with Gasteiger partial charge in [0.25, 0.3) is 5.91 Å². The number of hydrogen-bond donors (Lipinski definition) is 3. The second-order valence-electron chi connectivity index (χ2n) is 4.80. The molecular weight excluding hydrogens is 334 g/mol. The Balaban J connectivity index is 0.00000264. The van der Waals surface area contributed by atoms with E-state index in [9.17, 15) is 9.59 Å². The van der Waals surface area contributed by atoms with Crippen LogP contribution < -0.4 is 16.4 Å². The zero-order chi connectivity index (χ0) is 15.8. The molecule has 0 saturated heterocycles. The molecule has 0 radical (unpaired) electrons. The quantitative estimate of drug-likeness (QED) is 0.712. The summed E-state index contributed by atoms with van der Waals surface area (Å²) in [6.07, 6.45) is 0.235. The molecule has 1 aromatic carbocycles. The number of nitrogens with two attached hydrogens (primary N) is 1. The summed E-state index contributed by atoms with van der Waals surface area (Å²) in [6.45, 7) is 0.685. The third-order valence-corrected chi connectivity index (χ3v) is 4.00. The maximum Gasteiger partial charge on any atom is 0.261 e. The minimum Gasteiger partial charge on any atom is -0.354 e. The van der Waals surface area contributed by atoms with Crippen LogP contribution in [0.25, 0.3) is 0 Å². The van der Waals surface area contributed by atoms with Crippen LogP contribution >= 0.6 is 23.7 Å². The summed E-state index contributed by atoms with van der Waals surface area (Å²) in [5, 5.41) is 7.33. The number of thiophene rings is 1. The summed E-state index contributed by atoms with van der Waals surface area (Å²) in [6, 6.07) is 12.9. The number of nitrogens with one attached hydrogen (secondary N) is 2. The molecule has 0 aliphatic rings. The summed E-state index contributed by atoms with van der Waals surface area (Å²) in [7, 11) is 0. The lowest BCUT2D eigenvalue weighted by Crippen LogP contribution is -2.34. The molecule has 0 aliphatic carbocycles. The Labute approximate surface area is 145 Å². The van der Waals surface area contributed by atoms with E-state index in [0.29, 0.717) is 18.0 Å². The summed E-state index contributed by atoms with van der Waals surface area (Å²) in [5.41, 5.74) is 6.98. The number of carbonyl (C=O) groups excluding carboxylic acids is 2. The first kappa shape index (κ1) is 19.2. The molecule has 1 heterocycles. The minimum absolute atomic E-state index is 0. The molecule has 23 heavy (non-hydrogen) atoms. The summed E-state index contributed by atoms with van der Waals surface area (Å²) in [4.78, 5) is 24.1. The zero-order valence-corrected chi connectivity index (χ0v) is 14.2. The fourth-order valence-corrected chi connectivity index (χ4v) is 2.55. The third kappa shape index (κ3) is 6.40. The topological polar surface area (TPSA) is 84.2 Å². The highest BCUT2D eigenvalue weighted by Crippen LogP contribution is 2.08.